The van der Waals surface area contributed by atoms with Crippen LogP contribution in [0.25, 0.3) is 0 Å². The number of methoxy groups -OCH3 is 1. The summed E-state index contributed by atoms with van der Waals surface area (Å²) in [6.07, 6.45) is 4.89. The van der Waals surface area contributed by atoms with Gasteiger partial charge in [-0.05, 0) is 56.5 Å². The van der Waals surface area contributed by atoms with Gasteiger partial charge >= 0.3 is 5.97 Å². The summed E-state index contributed by atoms with van der Waals surface area (Å²) in [7, 11) is 7.09. The Morgan fingerprint density at radius 3 is 2.18 bits per heavy atom. The molecule has 0 saturated carbocycles. The molecule has 1 heterocycles. The van der Waals surface area contributed by atoms with Gasteiger partial charge in [0, 0.05) is 38.4 Å². The summed E-state index contributed by atoms with van der Waals surface area (Å²) >= 11 is 1.59. The van der Waals surface area contributed by atoms with Crippen molar-refractivity contribution < 1.29 is 28.7 Å². The normalized spacial score (nSPS) is 18.6. The van der Waals surface area contributed by atoms with Crippen molar-refractivity contribution in [1.29, 1.82) is 0 Å². The number of nitrogens with one attached hydrogen (secondary N) is 1. The molecule has 7 atom stereocenters. The Bertz CT molecular complexity index is 1170. The lowest BCUT2D eigenvalue weighted by Crippen LogP contribution is -2.59. The van der Waals surface area contributed by atoms with E-state index in [4.69, 9.17) is 9.47 Å². The van der Waals surface area contributed by atoms with Crippen molar-refractivity contribution in [3.63, 3.8) is 0 Å². The number of hydrogen-bond donors (Lipinski definition) is 1. The van der Waals surface area contributed by atoms with Crippen LogP contribution in [0.1, 0.15) is 79.2 Å². The molecule has 1 fully saturated rings. The molecule has 0 spiro atoms. The molecule has 1 saturated heterocycles. The Morgan fingerprint density at radius 1 is 1.00 bits per heavy atom. The minimum atomic E-state index is -0.726. The average Bonchev–Trinajstić information content (AvgIpc) is 3.55. The zero-order chi connectivity index (χ0) is 36.8. The largest absolute Gasteiger partial charge is 0.465 e. The Kier molecular flexibility index (Phi) is 18.1. The molecule has 0 aromatic heterocycles. The topological polar surface area (TPSA) is 108 Å². The van der Waals surface area contributed by atoms with Crippen molar-refractivity contribution in [3.8, 4) is 0 Å². The third-order valence-electron chi connectivity index (χ3n) is 9.98. The van der Waals surface area contributed by atoms with Crippen molar-refractivity contribution in [2.75, 3.05) is 47.7 Å². The van der Waals surface area contributed by atoms with Gasteiger partial charge in [-0.25, -0.2) is 0 Å². The standard InChI is InChI=1S/C38H64N4O6S/c1-12-27(6)36(41(9)38(46)34(25(2)3)39-37(45)35(26(4)5)40(7)8)30(47-10)23-32(43)42-21-16-19-29(42)31(49-11)24-33(44)48-22-20-28-17-14-13-15-18-28/h13-15,17-18,25-27,29-31,34-36H,12,16,19-24H2,1-11H3,(H,39,45). The van der Waals surface area contributed by atoms with E-state index in [1.54, 1.807) is 30.8 Å². The summed E-state index contributed by atoms with van der Waals surface area (Å²) in [4.78, 5) is 59.8. The zero-order valence-corrected chi connectivity index (χ0v) is 32.8. The number of thioether (sulfide) groups is 1. The lowest BCUT2D eigenvalue weighted by atomic mass is 9.89. The Labute approximate surface area is 300 Å². The minimum absolute atomic E-state index is 0.0272. The highest BCUT2D eigenvalue weighted by Crippen LogP contribution is 2.31. The fraction of sp³-hybridized carbons (Fsp3) is 0.737. The predicted octanol–water partition coefficient (Wildman–Crippen LogP) is 4.89. The monoisotopic (exact) mass is 704 g/mol. The molecule has 1 aromatic rings. The Hall–Kier alpha value is -2.63. The number of rotatable bonds is 20. The van der Waals surface area contributed by atoms with Crippen molar-refractivity contribution in [2.24, 2.45) is 17.8 Å². The van der Waals surface area contributed by atoms with Gasteiger partial charge in [0.1, 0.15) is 6.04 Å². The van der Waals surface area contributed by atoms with E-state index in [9.17, 15) is 19.2 Å². The Balaban J connectivity index is 2.17. The second kappa shape index (κ2) is 20.9. The molecule has 2 rings (SSSR count). The molecule has 49 heavy (non-hydrogen) atoms. The number of likely N-dealkylation sites (N-methyl/N-ethyl adjacent to an activating group) is 2. The van der Waals surface area contributed by atoms with Crippen LogP contribution in [-0.4, -0.2) is 122 Å². The molecule has 0 bridgehead atoms. The van der Waals surface area contributed by atoms with Crippen LogP contribution in [-0.2, 0) is 35.1 Å². The molecule has 11 heteroatoms. The molecule has 1 aliphatic heterocycles. The molecular weight excluding hydrogens is 641 g/mol. The van der Waals surface area contributed by atoms with Crippen LogP contribution in [0.2, 0.25) is 0 Å². The highest BCUT2D eigenvalue weighted by atomic mass is 32.2. The molecule has 10 nitrogen and oxygen atoms in total. The molecular formula is C38H64N4O6S. The second-order valence-electron chi connectivity index (χ2n) is 14.4. The lowest BCUT2D eigenvalue weighted by molar-refractivity contribution is -0.147. The van der Waals surface area contributed by atoms with Crippen molar-refractivity contribution in [1.82, 2.24) is 20.0 Å². The second-order valence-corrected chi connectivity index (χ2v) is 15.5. The molecule has 0 aliphatic carbocycles. The molecule has 3 amide bonds. The molecule has 1 N–H and O–H groups in total. The molecule has 278 valence electrons. The van der Waals surface area contributed by atoms with Crippen LogP contribution < -0.4 is 5.32 Å². The van der Waals surface area contributed by atoms with Gasteiger partial charge in [-0.15, -0.1) is 0 Å². The van der Waals surface area contributed by atoms with E-state index in [0.717, 1.165) is 24.8 Å². The maximum Gasteiger partial charge on any atom is 0.306 e. The number of benzene rings is 1. The van der Waals surface area contributed by atoms with Gasteiger partial charge in [-0.1, -0.05) is 78.3 Å². The predicted molar refractivity (Wildman–Crippen MR) is 198 cm³/mol. The summed E-state index contributed by atoms with van der Waals surface area (Å²) < 4.78 is 11.6. The van der Waals surface area contributed by atoms with Crippen molar-refractivity contribution in [3.05, 3.63) is 35.9 Å². The van der Waals surface area contributed by atoms with E-state index >= 15 is 0 Å². The smallest absolute Gasteiger partial charge is 0.306 e. The average molecular weight is 705 g/mol. The number of nitrogens with zero attached hydrogens (tertiary/aromatic N) is 3. The highest BCUT2D eigenvalue weighted by molar-refractivity contribution is 7.99. The maximum absolute atomic E-state index is 14.1. The van der Waals surface area contributed by atoms with Crippen LogP contribution in [0.15, 0.2) is 30.3 Å². The number of ether oxygens (including phenoxy) is 2. The molecule has 7 unspecified atom stereocenters. The number of carbonyl (C=O) groups excluding carboxylic acids is 4. The van der Waals surface area contributed by atoms with E-state index < -0.39 is 18.2 Å². The number of amides is 3. The Morgan fingerprint density at radius 2 is 1.65 bits per heavy atom. The van der Waals surface area contributed by atoms with Crippen LogP contribution in [0.4, 0.5) is 0 Å². The van der Waals surface area contributed by atoms with Crippen LogP contribution >= 0.6 is 11.8 Å². The first-order valence-corrected chi connectivity index (χ1v) is 19.2. The van der Waals surface area contributed by atoms with E-state index in [-0.39, 0.29) is 71.6 Å². The van der Waals surface area contributed by atoms with Gasteiger partial charge in [0.2, 0.25) is 17.7 Å². The third kappa shape index (κ3) is 12.3. The SMILES string of the molecule is CCC(C)C(C(CC(=O)N1CCCC1C(CC(=O)OCCc1ccccc1)SC)OC)N(C)C(=O)C(NC(=O)C(C(C)C)N(C)C)C(C)C. The number of esters is 1. The first-order chi connectivity index (χ1) is 23.2. The summed E-state index contributed by atoms with van der Waals surface area (Å²) in [6, 6.07) is 8.36. The molecule has 1 aromatic carbocycles. The lowest BCUT2D eigenvalue weighted by Gasteiger charge is -2.41. The fourth-order valence-corrected chi connectivity index (χ4v) is 8.04. The quantitative estimate of drug-likeness (QED) is 0.191. The summed E-state index contributed by atoms with van der Waals surface area (Å²) in [6.45, 7) is 12.9. The zero-order valence-electron chi connectivity index (χ0n) is 31.9. The summed E-state index contributed by atoms with van der Waals surface area (Å²) in [5, 5.41) is 2.96. The summed E-state index contributed by atoms with van der Waals surface area (Å²) in [5.41, 5.74) is 1.12. The van der Waals surface area contributed by atoms with Crippen molar-refractivity contribution in [2.45, 2.75) is 116 Å². The van der Waals surface area contributed by atoms with Crippen LogP contribution in [0, 0.1) is 17.8 Å². The fourth-order valence-electron chi connectivity index (χ4n) is 7.14. The van der Waals surface area contributed by atoms with E-state index in [1.165, 1.54) is 0 Å². The van der Waals surface area contributed by atoms with E-state index in [0.29, 0.717) is 19.6 Å². The van der Waals surface area contributed by atoms with Crippen LogP contribution in [0.5, 0.6) is 0 Å². The minimum Gasteiger partial charge on any atom is -0.465 e. The highest BCUT2D eigenvalue weighted by Gasteiger charge is 2.41. The molecule has 1 aliphatic rings. The van der Waals surface area contributed by atoms with Gasteiger partial charge in [0.25, 0.3) is 0 Å². The third-order valence-corrected chi connectivity index (χ3v) is 11.1. The van der Waals surface area contributed by atoms with Gasteiger partial charge < -0.3 is 24.6 Å². The van der Waals surface area contributed by atoms with Gasteiger partial charge in [-0.3, -0.25) is 24.1 Å². The van der Waals surface area contributed by atoms with Gasteiger partial charge in [0.15, 0.2) is 0 Å². The number of carbonyl (C=O) groups is 4. The number of hydrogen-bond acceptors (Lipinski definition) is 8. The van der Waals surface area contributed by atoms with E-state index in [2.05, 4.69) is 19.2 Å². The number of likely N-dealkylation sites (tertiary alicyclic amines) is 1. The van der Waals surface area contributed by atoms with Crippen LogP contribution in [0.3, 0.4) is 0 Å². The van der Waals surface area contributed by atoms with Gasteiger partial charge in [0.05, 0.1) is 37.6 Å². The molecule has 0 radical (unpaired) electrons. The maximum atomic E-state index is 14.1. The first kappa shape index (κ1) is 42.5. The summed E-state index contributed by atoms with van der Waals surface area (Å²) in [5.74, 6) is -0.720. The first-order valence-electron chi connectivity index (χ1n) is 18.0. The van der Waals surface area contributed by atoms with Crippen molar-refractivity contribution >= 4 is 35.5 Å². The van der Waals surface area contributed by atoms with Gasteiger partial charge in [-0.2, -0.15) is 11.8 Å². The van der Waals surface area contributed by atoms with E-state index in [1.807, 2.05) is 88.2 Å².